The molecule has 1 saturated carbocycles. The molecule has 8 heteroatoms. The molecule has 1 heterocycles. The number of fused-ring (bicyclic) bond motifs is 1. The summed E-state index contributed by atoms with van der Waals surface area (Å²) >= 11 is 0. The highest BCUT2D eigenvalue weighted by Crippen LogP contribution is 2.46. The molecule has 0 aromatic rings. The zero-order valence-electron chi connectivity index (χ0n) is 13.2. The summed E-state index contributed by atoms with van der Waals surface area (Å²) in [7, 11) is 1.32. The van der Waals surface area contributed by atoms with E-state index < -0.39 is 37.6 Å². The van der Waals surface area contributed by atoms with E-state index in [0.717, 1.165) is 12.8 Å². The molecule has 0 aromatic heterocycles. The lowest BCUT2D eigenvalue weighted by molar-refractivity contribution is -0.145. The first-order valence-corrected chi connectivity index (χ1v) is 7.64. The number of nitrogens with one attached hydrogen (secondary N) is 1. The first kappa shape index (κ1) is 17.6. The third-order valence-electron chi connectivity index (χ3n) is 4.50. The smallest absolute Gasteiger partial charge is 0.410 e. The summed E-state index contributed by atoms with van der Waals surface area (Å²) in [4.78, 5) is 23.7. The van der Waals surface area contributed by atoms with Crippen LogP contribution in [-0.4, -0.2) is 54.9 Å². The molecule has 0 spiro atoms. The molecular weight excluding hydrogens is 306 g/mol. The number of alkyl carbamates (subject to hydrolysis) is 1. The van der Waals surface area contributed by atoms with Crippen LogP contribution in [0.3, 0.4) is 0 Å². The van der Waals surface area contributed by atoms with Gasteiger partial charge in [-0.2, -0.15) is 0 Å². The van der Waals surface area contributed by atoms with E-state index >= 15 is 0 Å². The van der Waals surface area contributed by atoms with Gasteiger partial charge in [-0.1, -0.05) is 6.92 Å². The lowest BCUT2D eigenvalue weighted by atomic mass is 9.83. The molecule has 0 aromatic carbocycles. The second kappa shape index (κ2) is 7.65. The summed E-state index contributed by atoms with van der Waals surface area (Å²) in [6, 6.07) is -0.788. The SMILES string of the molecule is COC(=O)C1=COC(OC(=O)NC(CO)CO)C2C(C)CCC12. The van der Waals surface area contributed by atoms with Crippen LogP contribution in [0.4, 0.5) is 4.79 Å². The minimum Gasteiger partial charge on any atom is -0.466 e. The molecule has 0 radical (unpaired) electrons. The van der Waals surface area contributed by atoms with Gasteiger partial charge in [0.1, 0.15) is 0 Å². The maximum Gasteiger partial charge on any atom is 0.410 e. The van der Waals surface area contributed by atoms with Crippen molar-refractivity contribution in [1.82, 2.24) is 5.32 Å². The van der Waals surface area contributed by atoms with Gasteiger partial charge >= 0.3 is 12.1 Å². The summed E-state index contributed by atoms with van der Waals surface area (Å²) in [6.45, 7) is 1.23. The number of esters is 1. The quantitative estimate of drug-likeness (QED) is 0.615. The Kier molecular flexibility index (Phi) is 5.84. The van der Waals surface area contributed by atoms with Crippen molar-refractivity contribution in [3.8, 4) is 0 Å². The van der Waals surface area contributed by atoms with Gasteiger partial charge in [-0.25, -0.2) is 9.59 Å². The normalized spacial score (nSPS) is 29.3. The summed E-state index contributed by atoms with van der Waals surface area (Å²) in [6.07, 6.45) is 1.40. The largest absolute Gasteiger partial charge is 0.466 e. The van der Waals surface area contributed by atoms with Gasteiger partial charge < -0.3 is 29.7 Å². The minimum absolute atomic E-state index is 0.0736. The number of aliphatic hydroxyl groups excluding tert-OH is 2. The Hall–Kier alpha value is -1.80. The molecule has 1 aliphatic heterocycles. The number of methoxy groups -OCH3 is 1. The molecule has 130 valence electrons. The van der Waals surface area contributed by atoms with Gasteiger partial charge in [0.05, 0.1) is 38.2 Å². The van der Waals surface area contributed by atoms with E-state index in [1.807, 2.05) is 6.92 Å². The number of carbonyl (C=O) groups excluding carboxylic acids is 2. The van der Waals surface area contributed by atoms with Gasteiger partial charge in [-0.15, -0.1) is 0 Å². The fourth-order valence-electron chi connectivity index (χ4n) is 3.24. The number of amides is 1. The third-order valence-corrected chi connectivity index (χ3v) is 4.50. The minimum atomic E-state index is -0.816. The summed E-state index contributed by atoms with van der Waals surface area (Å²) in [5.41, 5.74) is 0.464. The van der Waals surface area contributed by atoms with Gasteiger partial charge in [-0.3, -0.25) is 0 Å². The van der Waals surface area contributed by atoms with Crippen molar-refractivity contribution >= 4 is 12.1 Å². The van der Waals surface area contributed by atoms with E-state index in [9.17, 15) is 9.59 Å². The summed E-state index contributed by atoms with van der Waals surface area (Å²) in [5.74, 6) is -0.424. The second-order valence-electron chi connectivity index (χ2n) is 5.92. The standard InChI is InChI=1S/C15H23NO7/c1-8-3-4-10-11(13(19)21-2)7-22-14(12(8)10)23-15(20)16-9(5-17)6-18/h7-10,12,14,17-18H,3-6H2,1-2H3,(H,16,20). The number of aliphatic hydroxyl groups is 2. The Morgan fingerprint density at radius 3 is 2.70 bits per heavy atom. The molecule has 0 saturated heterocycles. The van der Waals surface area contributed by atoms with Crippen LogP contribution in [0.5, 0.6) is 0 Å². The van der Waals surface area contributed by atoms with Crippen molar-refractivity contribution in [2.45, 2.75) is 32.1 Å². The molecule has 0 bridgehead atoms. The van der Waals surface area contributed by atoms with Gasteiger partial charge in [0.2, 0.25) is 6.29 Å². The van der Waals surface area contributed by atoms with E-state index in [1.54, 1.807) is 0 Å². The van der Waals surface area contributed by atoms with Crippen molar-refractivity contribution in [3.63, 3.8) is 0 Å². The molecule has 2 aliphatic rings. The average Bonchev–Trinajstić information content (AvgIpc) is 2.94. The number of carbonyl (C=O) groups is 2. The third kappa shape index (κ3) is 3.76. The van der Waals surface area contributed by atoms with Crippen LogP contribution in [0.2, 0.25) is 0 Å². The van der Waals surface area contributed by atoms with E-state index in [1.165, 1.54) is 13.4 Å². The Balaban J connectivity index is 2.07. The summed E-state index contributed by atoms with van der Waals surface area (Å²) < 4.78 is 15.5. The maximum atomic E-state index is 11.9. The van der Waals surface area contributed by atoms with Crippen LogP contribution in [0.15, 0.2) is 11.8 Å². The van der Waals surface area contributed by atoms with Crippen molar-refractivity contribution in [2.24, 2.45) is 17.8 Å². The van der Waals surface area contributed by atoms with Gasteiger partial charge in [-0.05, 0) is 18.8 Å². The Morgan fingerprint density at radius 1 is 1.39 bits per heavy atom. The molecule has 4 unspecified atom stereocenters. The molecule has 2 rings (SSSR count). The first-order chi connectivity index (χ1) is 11.0. The average molecular weight is 329 g/mol. The summed E-state index contributed by atoms with van der Waals surface area (Å²) in [5, 5.41) is 20.3. The van der Waals surface area contributed by atoms with E-state index in [-0.39, 0.29) is 17.8 Å². The van der Waals surface area contributed by atoms with Gasteiger partial charge in [0.15, 0.2) is 0 Å². The number of hydrogen-bond acceptors (Lipinski definition) is 7. The maximum absolute atomic E-state index is 11.9. The van der Waals surface area contributed by atoms with Crippen LogP contribution in [0.25, 0.3) is 0 Å². The molecular formula is C15H23NO7. The molecule has 1 aliphatic carbocycles. The molecule has 1 amide bonds. The van der Waals surface area contributed by atoms with Crippen molar-refractivity contribution < 1.29 is 34.0 Å². The Labute approximate surface area is 134 Å². The van der Waals surface area contributed by atoms with Gasteiger partial charge in [0.25, 0.3) is 0 Å². The Bertz CT molecular complexity index is 474. The van der Waals surface area contributed by atoms with Gasteiger partial charge in [0, 0.05) is 11.8 Å². The second-order valence-corrected chi connectivity index (χ2v) is 5.92. The first-order valence-electron chi connectivity index (χ1n) is 7.64. The predicted molar refractivity (Wildman–Crippen MR) is 77.9 cm³/mol. The zero-order chi connectivity index (χ0) is 17.0. The fraction of sp³-hybridized carbons (Fsp3) is 0.733. The predicted octanol–water partition coefficient (Wildman–Crippen LogP) is 0.141. The van der Waals surface area contributed by atoms with E-state index in [0.29, 0.717) is 5.57 Å². The van der Waals surface area contributed by atoms with Crippen molar-refractivity contribution in [1.29, 1.82) is 0 Å². The topological polar surface area (TPSA) is 114 Å². The highest BCUT2D eigenvalue weighted by molar-refractivity contribution is 5.89. The Morgan fingerprint density at radius 2 is 2.09 bits per heavy atom. The molecule has 3 N–H and O–H groups in total. The molecule has 23 heavy (non-hydrogen) atoms. The van der Waals surface area contributed by atoms with Crippen molar-refractivity contribution in [2.75, 3.05) is 20.3 Å². The van der Waals surface area contributed by atoms with Crippen LogP contribution in [-0.2, 0) is 19.0 Å². The van der Waals surface area contributed by atoms with Crippen LogP contribution in [0.1, 0.15) is 19.8 Å². The highest BCUT2D eigenvalue weighted by Gasteiger charge is 2.48. The lowest BCUT2D eigenvalue weighted by Crippen LogP contribution is -2.45. The fourth-order valence-corrected chi connectivity index (χ4v) is 3.24. The van der Waals surface area contributed by atoms with E-state index in [4.69, 9.17) is 24.4 Å². The molecule has 4 atom stereocenters. The number of hydrogen-bond donors (Lipinski definition) is 3. The molecule has 1 fully saturated rings. The van der Waals surface area contributed by atoms with Crippen LogP contribution < -0.4 is 5.32 Å². The zero-order valence-corrected chi connectivity index (χ0v) is 13.2. The molecule has 8 nitrogen and oxygen atoms in total. The lowest BCUT2D eigenvalue weighted by Gasteiger charge is -2.34. The van der Waals surface area contributed by atoms with Crippen LogP contribution >= 0.6 is 0 Å². The highest BCUT2D eigenvalue weighted by atomic mass is 16.7. The van der Waals surface area contributed by atoms with Crippen LogP contribution in [0, 0.1) is 17.8 Å². The van der Waals surface area contributed by atoms with Crippen molar-refractivity contribution in [3.05, 3.63) is 11.8 Å². The monoisotopic (exact) mass is 329 g/mol. The number of ether oxygens (including phenoxy) is 3. The van der Waals surface area contributed by atoms with E-state index in [2.05, 4.69) is 5.32 Å². The number of rotatable bonds is 5.